The predicted octanol–water partition coefficient (Wildman–Crippen LogP) is 6.96. The first-order valence-electron chi connectivity index (χ1n) is 13.7. The summed E-state index contributed by atoms with van der Waals surface area (Å²) in [5, 5.41) is 3.93. The maximum atomic E-state index is 14.3. The minimum Gasteiger partial charge on any atom is -0.492 e. The van der Waals surface area contributed by atoms with Crippen molar-refractivity contribution in [3.63, 3.8) is 0 Å². The molecule has 0 aliphatic heterocycles. The molecule has 0 aromatic heterocycles. The second-order valence-corrected chi connectivity index (χ2v) is 13.9. The SMILES string of the molecule is CCOc1ccccc1N(CC(=O)N(Cc1ccc(Cl)c(Cl)c1)C(CC)C(=O)NC(C)(C)C)S(=O)(=O)c1ccc(Cl)cc1. The first-order chi connectivity index (χ1) is 20.2. The smallest absolute Gasteiger partial charge is 0.264 e. The summed E-state index contributed by atoms with van der Waals surface area (Å²) in [6, 6.07) is 16.3. The third-order valence-corrected chi connectivity index (χ3v) is 9.10. The molecule has 43 heavy (non-hydrogen) atoms. The number of hydrogen-bond acceptors (Lipinski definition) is 5. The average Bonchev–Trinajstić information content (AvgIpc) is 2.93. The molecule has 2 amide bonds. The van der Waals surface area contributed by atoms with Gasteiger partial charge in [-0.2, -0.15) is 0 Å². The molecular formula is C31H36Cl3N3O5S. The Morgan fingerprint density at radius 3 is 2.16 bits per heavy atom. The summed E-state index contributed by atoms with van der Waals surface area (Å²) < 4.78 is 35.0. The fraction of sp³-hybridized carbons (Fsp3) is 0.355. The summed E-state index contributed by atoms with van der Waals surface area (Å²) in [7, 11) is -4.30. The van der Waals surface area contributed by atoms with Gasteiger partial charge in [0.1, 0.15) is 18.3 Å². The molecule has 0 aliphatic rings. The van der Waals surface area contributed by atoms with E-state index in [0.717, 1.165) is 4.31 Å². The number of amides is 2. The average molecular weight is 669 g/mol. The van der Waals surface area contributed by atoms with Gasteiger partial charge < -0.3 is 15.0 Å². The molecule has 1 atom stereocenters. The molecule has 0 saturated carbocycles. The number of sulfonamides is 1. The van der Waals surface area contributed by atoms with Crippen molar-refractivity contribution in [1.29, 1.82) is 0 Å². The lowest BCUT2D eigenvalue weighted by Crippen LogP contribution is -2.55. The number of anilines is 1. The van der Waals surface area contributed by atoms with Gasteiger partial charge in [-0.05, 0) is 88.2 Å². The number of carbonyl (C=O) groups excluding carboxylic acids is 2. The summed E-state index contributed by atoms with van der Waals surface area (Å²) in [5.41, 5.74) is 0.226. The van der Waals surface area contributed by atoms with E-state index in [4.69, 9.17) is 39.5 Å². The normalized spacial score (nSPS) is 12.4. The van der Waals surface area contributed by atoms with Gasteiger partial charge in [0, 0.05) is 17.1 Å². The van der Waals surface area contributed by atoms with Crippen molar-refractivity contribution in [3.05, 3.63) is 87.4 Å². The van der Waals surface area contributed by atoms with Crippen LogP contribution >= 0.6 is 34.8 Å². The van der Waals surface area contributed by atoms with Crippen LogP contribution in [0.4, 0.5) is 5.69 Å². The van der Waals surface area contributed by atoms with Crippen molar-refractivity contribution in [3.8, 4) is 5.75 Å². The topological polar surface area (TPSA) is 96.0 Å². The Bertz CT molecular complexity index is 1540. The predicted molar refractivity (Wildman–Crippen MR) is 173 cm³/mol. The van der Waals surface area contributed by atoms with Crippen LogP contribution in [-0.4, -0.2) is 49.9 Å². The highest BCUT2D eigenvalue weighted by atomic mass is 35.5. The van der Waals surface area contributed by atoms with Crippen molar-refractivity contribution in [2.75, 3.05) is 17.5 Å². The van der Waals surface area contributed by atoms with E-state index >= 15 is 0 Å². The second-order valence-electron chi connectivity index (χ2n) is 10.8. The van der Waals surface area contributed by atoms with Crippen molar-refractivity contribution < 1.29 is 22.7 Å². The number of ether oxygens (including phenoxy) is 1. The molecule has 0 saturated heterocycles. The van der Waals surface area contributed by atoms with Crippen molar-refractivity contribution >= 4 is 62.3 Å². The minimum absolute atomic E-state index is 0.0201. The van der Waals surface area contributed by atoms with E-state index in [2.05, 4.69) is 5.32 Å². The lowest BCUT2D eigenvalue weighted by molar-refractivity contribution is -0.141. The molecule has 3 aromatic carbocycles. The van der Waals surface area contributed by atoms with Crippen LogP contribution < -0.4 is 14.4 Å². The highest BCUT2D eigenvalue weighted by Crippen LogP contribution is 2.33. The van der Waals surface area contributed by atoms with Crippen LogP contribution in [0.2, 0.25) is 15.1 Å². The third-order valence-electron chi connectivity index (χ3n) is 6.34. The first kappa shape index (κ1) is 34.5. The molecular weight excluding hydrogens is 633 g/mol. The maximum Gasteiger partial charge on any atom is 0.264 e. The van der Waals surface area contributed by atoms with Crippen LogP contribution in [0.15, 0.2) is 71.6 Å². The lowest BCUT2D eigenvalue weighted by Gasteiger charge is -2.35. The molecule has 0 heterocycles. The lowest BCUT2D eigenvalue weighted by atomic mass is 10.1. The fourth-order valence-corrected chi connectivity index (χ4v) is 6.27. The van der Waals surface area contributed by atoms with Gasteiger partial charge in [-0.1, -0.05) is 59.9 Å². The van der Waals surface area contributed by atoms with Gasteiger partial charge in [0.25, 0.3) is 10.0 Å². The van der Waals surface area contributed by atoms with Crippen LogP contribution in [-0.2, 0) is 26.2 Å². The first-order valence-corrected chi connectivity index (χ1v) is 16.3. The van der Waals surface area contributed by atoms with Crippen LogP contribution in [0.1, 0.15) is 46.6 Å². The molecule has 232 valence electrons. The van der Waals surface area contributed by atoms with Gasteiger partial charge >= 0.3 is 0 Å². The molecule has 1 N–H and O–H groups in total. The number of hydrogen-bond donors (Lipinski definition) is 1. The van der Waals surface area contributed by atoms with E-state index in [1.54, 1.807) is 56.3 Å². The summed E-state index contributed by atoms with van der Waals surface area (Å²) in [6.45, 7) is 8.72. The Labute approximate surface area is 268 Å². The third kappa shape index (κ3) is 9.01. The molecule has 12 heteroatoms. The summed E-state index contributed by atoms with van der Waals surface area (Å²) in [4.78, 5) is 29.1. The van der Waals surface area contributed by atoms with E-state index in [1.165, 1.54) is 29.2 Å². The number of nitrogens with one attached hydrogen (secondary N) is 1. The molecule has 0 fully saturated rings. The van der Waals surface area contributed by atoms with Crippen LogP contribution in [0, 0.1) is 0 Å². The number of benzene rings is 3. The number of rotatable bonds is 12. The molecule has 0 radical (unpaired) electrons. The van der Waals surface area contributed by atoms with E-state index < -0.39 is 34.1 Å². The monoisotopic (exact) mass is 667 g/mol. The standard InChI is InChI=1S/C31H36Cl3N3O5S/c1-6-26(30(39)35-31(3,4)5)36(19-21-12-17-24(33)25(34)18-21)29(38)20-37(27-10-8-9-11-28(27)42-7-2)43(40,41)23-15-13-22(32)14-16-23/h8-18,26H,6-7,19-20H2,1-5H3,(H,35,39). The quantitative estimate of drug-likeness (QED) is 0.225. The zero-order valence-corrected chi connectivity index (χ0v) is 27.8. The Kier molecular flexibility index (Phi) is 11.8. The molecule has 0 spiro atoms. The summed E-state index contributed by atoms with van der Waals surface area (Å²) in [6.07, 6.45) is 0.272. The van der Waals surface area contributed by atoms with Crippen molar-refractivity contribution in [1.82, 2.24) is 10.2 Å². The summed E-state index contributed by atoms with van der Waals surface area (Å²) >= 11 is 18.4. The van der Waals surface area contributed by atoms with Crippen LogP contribution in [0.3, 0.4) is 0 Å². The van der Waals surface area contributed by atoms with E-state index in [9.17, 15) is 18.0 Å². The summed E-state index contributed by atoms with van der Waals surface area (Å²) in [5.74, 6) is -0.694. The zero-order chi connectivity index (χ0) is 31.9. The van der Waals surface area contributed by atoms with Gasteiger partial charge in [-0.3, -0.25) is 13.9 Å². The zero-order valence-electron chi connectivity index (χ0n) is 24.7. The van der Waals surface area contributed by atoms with Gasteiger partial charge in [0.05, 0.1) is 27.2 Å². The number of para-hydroxylation sites is 2. The fourth-order valence-electron chi connectivity index (χ4n) is 4.39. The van der Waals surface area contributed by atoms with Gasteiger partial charge in [0.15, 0.2) is 0 Å². The molecule has 8 nitrogen and oxygen atoms in total. The Morgan fingerprint density at radius 1 is 0.930 bits per heavy atom. The highest BCUT2D eigenvalue weighted by molar-refractivity contribution is 7.92. The largest absolute Gasteiger partial charge is 0.492 e. The highest BCUT2D eigenvalue weighted by Gasteiger charge is 2.35. The molecule has 0 bridgehead atoms. The molecule has 3 aromatic rings. The van der Waals surface area contributed by atoms with Crippen LogP contribution in [0.25, 0.3) is 0 Å². The van der Waals surface area contributed by atoms with Gasteiger partial charge in [-0.25, -0.2) is 8.42 Å². The number of carbonyl (C=O) groups is 2. The van der Waals surface area contributed by atoms with Crippen LogP contribution in [0.5, 0.6) is 5.75 Å². The second kappa shape index (κ2) is 14.7. The molecule has 1 unspecified atom stereocenters. The minimum atomic E-state index is -4.30. The van der Waals surface area contributed by atoms with E-state index in [0.29, 0.717) is 15.6 Å². The number of nitrogens with zero attached hydrogens (tertiary/aromatic N) is 2. The van der Waals surface area contributed by atoms with E-state index in [-0.39, 0.29) is 46.8 Å². The van der Waals surface area contributed by atoms with Gasteiger partial charge in [0.2, 0.25) is 11.8 Å². The van der Waals surface area contributed by atoms with Crippen molar-refractivity contribution in [2.24, 2.45) is 0 Å². The number of halogens is 3. The van der Waals surface area contributed by atoms with Crippen molar-refractivity contribution in [2.45, 2.75) is 64.1 Å². The molecule has 3 rings (SSSR count). The molecule has 0 aliphatic carbocycles. The Hall–Kier alpha value is -2.98. The Morgan fingerprint density at radius 2 is 1.58 bits per heavy atom. The Balaban J connectivity index is 2.14. The van der Waals surface area contributed by atoms with Gasteiger partial charge in [-0.15, -0.1) is 0 Å². The van der Waals surface area contributed by atoms with E-state index in [1.807, 2.05) is 20.8 Å². The maximum absolute atomic E-state index is 14.3.